The van der Waals surface area contributed by atoms with E-state index < -0.39 is 0 Å². The van der Waals surface area contributed by atoms with Crippen LogP contribution in [0, 0.1) is 0 Å². The van der Waals surface area contributed by atoms with Gasteiger partial charge in [0.05, 0.1) is 7.11 Å². The van der Waals surface area contributed by atoms with Crippen LogP contribution in [-0.4, -0.2) is 19.7 Å². The minimum atomic E-state index is -0.221. The van der Waals surface area contributed by atoms with E-state index in [9.17, 15) is 4.79 Å². The fourth-order valence-corrected chi connectivity index (χ4v) is 2.67. The summed E-state index contributed by atoms with van der Waals surface area (Å²) >= 11 is 11.9. The van der Waals surface area contributed by atoms with Crippen molar-refractivity contribution < 1.29 is 9.53 Å². The van der Waals surface area contributed by atoms with Crippen LogP contribution in [0.25, 0.3) is 0 Å². The molecule has 2 amide bonds. The summed E-state index contributed by atoms with van der Waals surface area (Å²) in [5, 5.41) is 6.79. The van der Waals surface area contributed by atoms with E-state index in [4.69, 9.17) is 27.9 Å². The van der Waals surface area contributed by atoms with Gasteiger partial charge in [-0.15, -0.1) is 0 Å². The van der Waals surface area contributed by atoms with E-state index in [1.54, 1.807) is 13.2 Å². The molecule has 0 saturated heterocycles. The number of ether oxygens (including phenoxy) is 1. The standard InChI is InChI=1S/C17H18Cl2N2O2/c1-23-16-4-2-3-13(9-16)11-21-17(22)20-6-5-12-7-14(18)10-15(19)8-12/h2-4,7-10H,5-6,11H2,1H3,(H2,20,21,22). The number of benzene rings is 2. The Morgan fingerprint density at radius 3 is 2.48 bits per heavy atom. The van der Waals surface area contributed by atoms with E-state index in [-0.39, 0.29) is 6.03 Å². The number of halogens is 2. The molecule has 0 spiro atoms. The Morgan fingerprint density at radius 1 is 1.04 bits per heavy atom. The molecule has 0 unspecified atom stereocenters. The number of carbonyl (C=O) groups excluding carboxylic acids is 1. The molecule has 0 atom stereocenters. The van der Waals surface area contributed by atoms with Gasteiger partial charge in [-0.25, -0.2) is 4.79 Å². The van der Waals surface area contributed by atoms with Crippen LogP contribution in [0.3, 0.4) is 0 Å². The van der Waals surface area contributed by atoms with E-state index in [1.165, 1.54) is 0 Å². The Bertz CT molecular complexity index is 657. The molecular weight excluding hydrogens is 335 g/mol. The van der Waals surface area contributed by atoms with Crippen molar-refractivity contribution in [2.24, 2.45) is 0 Å². The predicted molar refractivity (Wildman–Crippen MR) is 93.4 cm³/mol. The lowest BCUT2D eigenvalue weighted by Crippen LogP contribution is -2.36. The molecule has 0 bridgehead atoms. The molecule has 0 radical (unpaired) electrons. The van der Waals surface area contributed by atoms with Crippen molar-refractivity contribution in [2.75, 3.05) is 13.7 Å². The van der Waals surface area contributed by atoms with E-state index >= 15 is 0 Å². The van der Waals surface area contributed by atoms with Crippen LogP contribution in [0.2, 0.25) is 10.0 Å². The van der Waals surface area contributed by atoms with E-state index in [2.05, 4.69) is 10.6 Å². The van der Waals surface area contributed by atoms with Crippen LogP contribution in [0.15, 0.2) is 42.5 Å². The summed E-state index contributed by atoms with van der Waals surface area (Å²) in [5.41, 5.74) is 1.96. The van der Waals surface area contributed by atoms with Gasteiger partial charge in [0, 0.05) is 23.1 Å². The molecule has 0 saturated carbocycles. The van der Waals surface area contributed by atoms with Gasteiger partial charge in [-0.05, 0) is 47.9 Å². The van der Waals surface area contributed by atoms with Crippen LogP contribution in [-0.2, 0) is 13.0 Å². The topological polar surface area (TPSA) is 50.4 Å². The third-order valence-electron chi connectivity index (χ3n) is 3.21. The van der Waals surface area contributed by atoms with Gasteiger partial charge >= 0.3 is 6.03 Å². The van der Waals surface area contributed by atoms with Crippen LogP contribution >= 0.6 is 23.2 Å². The summed E-state index contributed by atoms with van der Waals surface area (Å²) in [4.78, 5) is 11.8. The molecule has 2 aromatic rings. The van der Waals surface area contributed by atoms with Crippen molar-refractivity contribution in [3.05, 3.63) is 63.6 Å². The molecule has 23 heavy (non-hydrogen) atoms. The number of nitrogens with one attached hydrogen (secondary N) is 2. The second kappa shape index (κ2) is 8.65. The summed E-state index contributed by atoms with van der Waals surface area (Å²) in [6, 6.07) is 12.7. The number of hydrogen-bond donors (Lipinski definition) is 2. The molecule has 0 aliphatic rings. The zero-order valence-corrected chi connectivity index (χ0v) is 14.2. The highest BCUT2D eigenvalue weighted by Crippen LogP contribution is 2.19. The Balaban J connectivity index is 1.74. The fourth-order valence-electron chi connectivity index (χ4n) is 2.10. The Hall–Kier alpha value is -1.91. The van der Waals surface area contributed by atoms with E-state index in [0.29, 0.717) is 29.6 Å². The first kappa shape index (κ1) is 17.4. The third-order valence-corrected chi connectivity index (χ3v) is 3.65. The van der Waals surface area contributed by atoms with Gasteiger partial charge in [-0.2, -0.15) is 0 Å². The summed E-state index contributed by atoms with van der Waals surface area (Å²) in [5.74, 6) is 0.766. The lowest BCUT2D eigenvalue weighted by atomic mass is 10.1. The molecule has 122 valence electrons. The monoisotopic (exact) mass is 352 g/mol. The van der Waals surface area contributed by atoms with Crippen LogP contribution in [0.1, 0.15) is 11.1 Å². The lowest BCUT2D eigenvalue weighted by molar-refractivity contribution is 0.240. The SMILES string of the molecule is COc1cccc(CNC(=O)NCCc2cc(Cl)cc(Cl)c2)c1. The van der Waals surface area contributed by atoms with Crippen molar-refractivity contribution in [1.29, 1.82) is 0 Å². The van der Waals surface area contributed by atoms with E-state index in [1.807, 2.05) is 36.4 Å². The number of urea groups is 1. The van der Waals surface area contributed by atoms with Gasteiger partial charge in [0.15, 0.2) is 0 Å². The molecular formula is C17H18Cl2N2O2. The van der Waals surface area contributed by atoms with Crippen molar-refractivity contribution in [3.8, 4) is 5.75 Å². The first-order valence-corrected chi connectivity index (χ1v) is 7.92. The highest BCUT2D eigenvalue weighted by atomic mass is 35.5. The van der Waals surface area contributed by atoms with Gasteiger partial charge in [0.2, 0.25) is 0 Å². The minimum absolute atomic E-state index is 0.221. The van der Waals surface area contributed by atoms with E-state index in [0.717, 1.165) is 16.9 Å². The highest BCUT2D eigenvalue weighted by Gasteiger charge is 2.03. The molecule has 2 aromatic carbocycles. The van der Waals surface area contributed by atoms with Crippen molar-refractivity contribution in [2.45, 2.75) is 13.0 Å². The third kappa shape index (κ3) is 6.00. The maximum Gasteiger partial charge on any atom is 0.315 e. The first-order valence-electron chi connectivity index (χ1n) is 7.16. The second-order valence-corrected chi connectivity index (χ2v) is 5.86. The van der Waals surface area contributed by atoms with Crippen molar-refractivity contribution in [1.82, 2.24) is 10.6 Å². The number of carbonyl (C=O) groups is 1. The molecule has 2 rings (SSSR count). The van der Waals surface area contributed by atoms with Crippen molar-refractivity contribution >= 4 is 29.2 Å². The number of hydrogen-bond acceptors (Lipinski definition) is 2. The van der Waals surface area contributed by atoms with Gasteiger partial charge in [-0.3, -0.25) is 0 Å². The molecule has 0 aromatic heterocycles. The molecule has 0 fully saturated rings. The summed E-state index contributed by atoms with van der Waals surface area (Å²) < 4.78 is 5.14. The van der Waals surface area contributed by atoms with Crippen molar-refractivity contribution in [3.63, 3.8) is 0 Å². The molecule has 0 aliphatic carbocycles. The largest absolute Gasteiger partial charge is 0.497 e. The Labute approximate surface area is 145 Å². The number of rotatable bonds is 6. The average Bonchev–Trinajstić information content (AvgIpc) is 2.52. The summed E-state index contributed by atoms with van der Waals surface area (Å²) in [7, 11) is 1.61. The zero-order chi connectivity index (χ0) is 16.7. The van der Waals surface area contributed by atoms with Gasteiger partial charge in [0.1, 0.15) is 5.75 Å². The Morgan fingerprint density at radius 2 is 1.78 bits per heavy atom. The minimum Gasteiger partial charge on any atom is -0.497 e. The normalized spacial score (nSPS) is 10.2. The van der Waals surface area contributed by atoms with Crippen LogP contribution in [0.5, 0.6) is 5.75 Å². The predicted octanol–water partition coefficient (Wildman–Crippen LogP) is 4.04. The average molecular weight is 353 g/mol. The molecule has 2 N–H and O–H groups in total. The smallest absolute Gasteiger partial charge is 0.315 e. The van der Waals surface area contributed by atoms with Gasteiger partial charge < -0.3 is 15.4 Å². The summed E-state index contributed by atoms with van der Waals surface area (Å²) in [6.07, 6.45) is 0.660. The fraction of sp³-hybridized carbons (Fsp3) is 0.235. The quantitative estimate of drug-likeness (QED) is 0.823. The number of amides is 2. The van der Waals surface area contributed by atoms with Crippen LogP contribution in [0.4, 0.5) is 4.79 Å². The number of methoxy groups -OCH3 is 1. The first-order chi connectivity index (χ1) is 11.1. The van der Waals surface area contributed by atoms with Gasteiger partial charge in [-0.1, -0.05) is 35.3 Å². The van der Waals surface area contributed by atoms with Crippen LogP contribution < -0.4 is 15.4 Å². The lowest BCUT2D eigenvalue weighted by Gasteiger charge is -2.09. The second-order valence-electron chi connectivity index (χ2n) is 4.99. The zero-order valence-electron chi connectivity index (χ0n) is 12.7. The molecule has 4 nitrogen and oxygen atoms in total. The molecule has 6 heteroatoms. The Kier molecular flexibility index (Phi) is 6.56. The maximum absolute atomic E-state index is 11.8. The maximum atomic E-state index is 11.8. The highest BCUT2D eigenvalue weighted by molar-refractivity contribution is 6.34. The molecule has 0 heterocycles. The molecule has 0 aliphatic heterocycles. The summed E-state index contributed by atoms with van der Waals surface area (Å²) in [6.45, 7) is 0.937. The van der Waals surface area contributed by atoms with Gasteiger partial charge in [0.25, 0.3) is 0 Å².